The molecule has 1 aromatic carbocycles. The van der Waals surface area contributed by atoms with Gasteiger partial charge in [0.05, 0.1) is 12.1 Å². The fraction of sp³-hybridized carbons (Fsp3) is 0.429. The summed E-state index contributed by atoms with van der Waals surface area (Å²) in [5, 5.41) is 2.51. The number of halogens is 1. The highest BCUT2D eigenvalue weighted by atomic mass is 19.1. The van der Waals surface area contributed by atoms with Crippen LogP contribution in [0.1, 0.15) is 31.1 Å². The van der Waals surface area contributed by atoms with Crippen molar-refractivity contribution in [1.29, 1.82) is 0 Å². The van der Waals surface area contributed by atoms with Crippen LogP contribution in [0.2, 0.25) is 0 Å². The van der Waals surface area contributed by atoms with Gasteiger partial charge in [-0.05, 0) is 39.0 Å². The first-order chi connectivity index (χ1) is 9.31. The molecule has 0 bridgehead atoms. The minimum atomic E-state index is -0.563. The molecule has 1 N–H and O–H groups in total. The minimum absolute atomic E-state index is 0.127. The van der Waals surface area contributed by atoms with E-state index in [9.17, 15) is 14.0 Å². The van der Waals surface area contributed by atoms with Crippen molar-refractivity contribution in [2.45, 2.75) is 26.4 Å². The average molecular weight is 283 g/mol. The van der Waals surface area contributed by atoms with Crippen LogP contribution in [0.4, 0.5) is 9.18 Å². The summed E-state index contributed by atoms with van der Waals surface area (Å²) in [7, 11) is 0. The third kappa shape index (κ3) is 5.69. The number of hydrogen-bond acceptors (Lipinski definition) is 4. The van der Waals surface area contributed by atoms with Crippen molar-refractivity contribution in [3.05, 3.63) is 29.6 Å². The number of carbonyl (C=O) groups excluding carboxylic acids is 2. The van der Waals surface area contributed by atoms with E-state index in [1.54, 1.807) is 20.8 Å². The lowest BCUT2D eigenvalue weighted by atomic mass is 10.2. The highest BCUT2D eigenvalue weighted by molar-refractivity contribution is 5.79. The van der Waals surface area contributed by atoms with Crippen molar-refractivity contribution in [2.75, 3.05) is 13.2 Å². The van der Waals surface area contributed by atoms with E-state index >= 15 is 0 Å². The number of amides is 1. The molecule has 0 saturated carbocycles. The Hall–Kier alpha value is -2.11. The molecule has 0 aliphatic carbocycles. The van der Waals surface area contributed by atoms with Gasteiger partial charge in [-0.2, -0.15) is 0 Å². The summed E-state index contributed by atoms with van der Waals surface area (Å²) in [6.45, 7) is 5.64. The summed E-state index contributed by atoms with van der Waals surface area (Å²) in [5.41, 5.74) is -0.436. The molecule has 0 aromatic heterocycles. The number of aldehydes is 1. The Balaban J connectivity index is 2.38. The van der Waals surface area contributed by atoms with Gasteiger partial charge in [0, 0.05) is 0 Å². The Morgan fingerprint density at radius 1 is 1.40 bits per heavy atom. The first-order valence-electron chi connectivity index (χ1n) is 6.16. The van der Waals surface area contributed by atoms with Crippen molar-refractivity contribution < 1.29 is 23.5 Å². The molecule has 0 aliphatic heterocycles. The molecule has 6 heteroatoms. The second kappa shape index (κ2) is 6.88. The molecule has 0 unspecified atom stereocenters. The first kappa shape index (κ1) is 15.9. The Bertz CT molecular complexity index is 483. The zero-order valence-electron chi connectivity index (χ0n) is 11.7. The maximum atomic E-state index is 12.9. The van der Waals surface area contributed by atoms with E-state index in [-0.39, 0.29) is 24.5 Å². The molecule has 0 radical (unpaired) electrons. The monoisotopic (exact) mass is 283 g/mol. The predicted octanol–water partition coefficient (Wildman–Crippen LogP) is 2.54. The van der Waals surface area contributed by atoms with Crippen molar-refractivity contribution in [2.24, 2.45) is 0 Å². The third-order valence-corrected chi connectivity index (χ3v) is 2.13. The van der Waals surface area contributed by atoms with Gasteiger partial charge in [-0.3, -0.25) is 4.79 Å². The van der Waals surface area contributed by atoms with Crippen LogP contribution in [-0.2, 0) is 4.74 Å². The average Bonchev–Trinajstić information content (AvgIpc) is 2.33. The number of hydrogen-bond donors (Lipinski definition) is 1. The minimum Gasteiger partial charge on any atom is -0.491 e. The number of nitrogens with one attached hydrogen (secondary N) is 1. The van der Waals surface area contributed by atoms with Gasteiger partial charge in [-0.25, -0.2) is 9.18 Å². The molecule has 0 heterocycles. The Labute approximate surface area is 117 Å². The SMILES string of the molecule is CC(C)(C)OC(=O)NCCOc1ccc(F)cc1C=O. The topological polar surface area (TPSA) is 64.6 Å². The van der Waals surface area contributed by atoms with Gasteiger partial charge >= 0.3 is 6.09 Å². The van der Waals surface area contributed by atoms with E-state index in [0.29, 0.717) is 6.29 Å². The highest BCUT2D eigenvalue weighted by Gasteiger charge is 2.15. The van der Waals surface area contributed by atoms with Crippen LogP contribution in [0.5, 0.6) is 5.75 Å². The van der Waals surface area contributed by atoms with E-state index in [2.05, 4.69) is 5.32 Å². The molecule has 0 saturated heterocycles. The summed E-state index contributed by atoms with van der Waals surface area (Å²) in [4.78, 5) is 22.1. The van der Waals surface area contributed by atoms with Crippen LogP contribution in [0, 0.1) is 5.82 Å². The predicted molar refractivity (Wildman–Crippen MR) is 71.5 cm³/mol. The molecule has 0 aliphatic rings. The molecule has 1 rings (SSSR count). The summed E-state index contributed by atoms with van der Waals surface area (Å²) in [6, 6.07) is 3.65. The van der Waals surface area contributed by atoms with Crippen LogP contribution in [-0.4, -0.2) is 31.1 Å². The first-order valence-corrected chi connectivity index (χ1v) is 6.16. The largest absolute Gasteiger partial charge is 0.491 e. The van der Waals surface area contributed by atoms with E-state index in [4.69, 9.17) is 9.47 Å². The van der Waals surface area contributed by atoms with Gasteiger partial charge in [-0.1, -0.05) is 0 Å². The maximum absolute atomic E-state index is 12.9. The number of carbonyl (C=O) groups is 2. The van der Waals surface area contributed by atoms with Crippen LogP contribution in [0.15, 0.2) is 18.2 Å². The normalized spacial score (nSPS) is 10.8. The number of alkyl carbamates (subject to hydrolysis) is 1. The summed E-state index contributed by atoms with van der Waals surface area (Å²) < 4.78 is 23.2. The number of benzene rings is 1. The molecule has 0 fully saturated rings. The smallest absolute Gasteiger partial charge is 0.407 e. The van der Waals surface area contributed by atoms with Gasteiger partial charge in [0.2, 0.25) is 0 Å². The Morgan fingerprint density at radius 3 is 2.70 bits per heavy atom. The highest BCUT2D eigenvalue weighted by Crippen LogP contribution is 2.17. The van der Waals surface area contributed by atoms with Crippen molar-refractivity contribution in [3.63, 3.8) is 0 Å². The second-order valence-electron chi connectivity index (χ2n) is 5.08. The van der Waals surface area contributed by atoms with Gasteiger partial charge in [0.15, 0.2) is 6.29 Å². The quantitative estimate of drug-likeness (QED) is 0.666. The lowest BCUT2D eigenvalue weighted by molar-refractivity contribution is 0.0520. The van der Waals surface area contributed by atoms with Gasteiger partial charge in [-0.15, -0.1) is 0 Å². The molecular weight excluding hydrogens is 265 g/mol. The standard InChI is InChI=1S/C14H18FNO4/c1-14(2,3)20-13(18)16-6-7-19-12-5-4-11(15)8-10(12)9-17/h4-5,8-9H,6-7H2,1-3H3,(H,16,18). The maximum Gasteiger partial charge on any atom is 0.407 e. The Kier molecular flexibility index (Phi) is 5.49. The van der Waals surface area contributed by atoms with Crippen molar-refractivity contribution in [3.8, 4) is 5.75 Å². The zero-order valence-corrected chi connectivity index (χ0v) is 11.7. The zero-order chi connectivity index (χ0) is 15.2. The van der Waals surface area contributed by atoms with Crippen molar-refractivity contribution in [1.82, 2.24) is 5.32 Å². The van der Waals surface area contributed by atoms with Crippen molar-refractivity contribution >= 4 is 12.4 Å². The van der Waals surface area contributed by atoms with E-state index in [1.807, 2.05) is 0 Å². The molecule has 0 atom stereocenters. The second-order valence-corrected chi connectivity index (χ2v) is 5.08. The molecular formula is C14H18FNO4. The van der Waals surface area contributed by atoms with E-state index < -0.39 is 17.5 Å². The third-order valence-electron chi connectivity index (χ3n) is 2.13. The number of rotatable bonds is 5. The van der Waals surface area contributed by atoms with E-state index in [1.165, 1.54) is 12.1 Å². The van der Waals surface area contributed by atoms with Crippen LogP contribution < -0.4 is 10.1 Å². The lowest BCUT2D eigenvalue weighted by Gasteiger charge is -2.19. The molecule has 110 valence electrons. The molecule has 0 spiro atoms. The summed E-state index contributed by atoms with van der Waals surface area (Å²) in [5.74, 6) is -0.237. The Morgan fingerprint density at radius 2 is 2.10 bits per heavy atom. The van der Waals surface area contributed by atoms with Crippen LogP contribution >= 0.6 is 0 Å². The van der Waals surface area contributed by atoms with E-state index in [0.717, 1.165) is 6.07 Å². The van der Waals surface area contributed by atoms with Gasteiger partial charge < -0.3 is 14.8 Å². The van der Waals surface area contributed by atoms with Crippen LogP contribution in [0.3, 0.4) is 0 Å². The fourth-order valence-corrected chi connectivity index (χ4v) is 1.37. The van der Waals surface area contributed by atoms with Gasteiger partial charge in [0.1, 0.15) is 23.8 Å². The molecule has 20 heavy (non-hydrogen) atoms. The number of ether oxygens (including phenoxy) is 2. The molecule has 1 aromatic rings. The van der Waals surface area contributed by atoms with Crippen LogP contribution in [0.25, 0.3) is 0 Å². The molecule has 5 nitrogen and oxygen atoms in total. The fourth-order valence-electron chi connectivity index (χ4n) is 1.37. The van der Waals surface area contributed by atoms with Gasteiger partial charge in [0.25, 0.3) is 0 Å². The lowest BCUT2D eigenvalue weighted by Crippen LogP contribution is -2.34. The molecule has 1 amide bonds. The summed E-state index contributed by atoms with van der Waals surface area (Å²) in [6.07, 6.45) is -0.0319. The summed E-state index contributed by atoms with van der Waals surface area (Å²) >= 11 is 0.